The zero-order valence-corrected chi connectivity index (χ0v) is 14.2. The average Bonchev–Trinajstić information content (AvgIpc) is 2.94. The number of carbonyl (C=O) groups is 1. The molecule has 0 aromatic carbocycles. The highest BCUT2D eigenvalue weighted by molar-refractivity contribution is 5.88. The van der Waals surface area contributed by atoms with Gasteiger partial charge in [-0.3, -0.25) is 10.00 Å². The van der Waals surface area contributed by atoms with Gasteiger partial charge in [0.1, 0.15) is 0 Å². The molecule has 1 N–H and O–H groups in total. The number of rotatable bonds is 5. The number of piperidine rings is 1. The van der Waals surface area contributed by atoms with E-state index >= 15 is 0 Å². The van der Waals surface area contributed by atoms with Crippen molar-refractivity contribution in [2.24, 2.45) is 5.92 Å². The van der Waals surface area contributed by atoms with Gasteiger partial charge in [0.25, 0.3) is 0 Å². The number of nitrogens with zero attached hydrogens (tertiary/aromatic N) is 5. The third-order valence-corrected chi connectivity index (χ3v) is 4.43. The van der Waals surface area contributed by atoms with Crippen molar-refractivity contribution in [2.75, 3.05) is 32.5 Å². The van der Waals surface area contributed by atoms with Crippen molar-refractivity contribution in [3.63, 3.8) is 0 Å². The topological polar surface area (TPSA) is 77.2 Å². The summed E-state index contributed by atoms with van der Waals surface area (Å²) in [4.78, 5) is 16.5. The van der Waals surface area contributed by atoms with Crippen LogP contribution in [0.1, 0.15) is 26.2 Å². The van der Waals surface area contributed by atoms with Gasteiger partial charge in [0.2, 0.25) is 0 Å². The van der Waals surface area contributed by atoms with E-state index in [1.165, 1.54) is 0 Å². The van der Waals surface area contributed by atoms with Gasteiger partial charge < -0.3 is 9.80 Å². The number of amides is 2. The second kappa shape index (κ2) is 7.97. The van der Waals surface area contributed by atoms with Crippen LogP contribution in [-0.4, -0.2) is 58.8 Å². The monoisotopic (exact) mass is 318 g/mol. The quantitative estimate of drug-likeness (QED) is 0.842. The summed E-state index contributed by atoms with van der Waals surface area (Å²) in [5, 5.41) is 15.7. The van der Waals surface area contributed by atoms with E-state index in [4.69, 9.17) is 5.26 Å². The molecule has 0 unspecified atom stereocenters. The van der Waals surface area contributed by atoms with Crippen LogP contribution in [0.4, 0.5) is 10.6 Å². The third kappa shape index (κ3) is 4.70. The lowest BCUT2D eigenvalue weighted by atomic mass is 9.93. The van der Waals surface area contributed by atoms with E-state index in [0.717, 1.165) is 25.9 Å². The summed E-state index contributed by atoms with van der Waals surface area (Å²) in [5.74, 6) is 1.01. The van der Waals surface area contributed by atoms with Crippen molar-refractivity contribution >= 4 is 11.8 Å². The molecule has 23 heavy (non-hydrogen) atoms. The highest BCUT2D eigenvalue weighted by atomic mass is 16.2. The molecule has 0 bridgehead atoms. The molecule has 2 rings (SSSR count). The van der Waals surface area contributed by atoms with Gasteiger partial charge in [-0.05, 0) is 32.4 Å². The van der Waals surface area contributed by atoms with Crippen LogP contribution in [0.15, 0.2) is 12.3 Å². The Morgan fingerprint density at radius 3 is 3.09 bits per heavy atom. The highest BCUT2D eigenvalue weighted by Crippen LogP contribution is 2.21. The molecule has 1 fully saturated rings. The fourth-order valence-electron chi connectivity index (χ4n) is 3.14. The van der Waals surface area contributed by atoms with Crippen molar-refractivity contribution in [2.45, 2.75) is 38.8 Å². The molecule has 1 saturated heterocycles. The van der Waals surface area contributed by atoms with Gasteiger partial charge in [-0.15, -0.1) is 0 Å². The molecule has 0 saturated carbocycles. The van der Waals surface area contributed by atoms with Gasteiger partial charge in [0.15, 0.2) is 5.82 Å². The normalized spacial score (nSPS) is 21.7. The maximum Gasteiger partial charge on any atom is 0.323 e. The molecule has 2 atom stereocenters. The molecule has 126 valence electrons. The summed E-state index contributed by atoms with van der Waals surface area (Å²) in [6.07, 6.45) is 4.09. The summed E-state index contributed by atoms with van der Waals surface area (Å²) in [6, 6.07) is 4.04. The second-order valence-electron chi connectivity index (χ2n) is 6.36. The van der Waals surface area contributed by atoms with Crippen LogP contribution >= 0.6 is 0 Å². The lowest BCUT2D eigenvalue weighted by Gasteiger charge is -2.39. The Morgan fingerprint density at radius 2 is 2.39 bits per heavy atom. The van der Waals surface area contributed by atoms with E-state index < -0.39 is 0 Å². The first kappa shape index (κ1) is 17.3. The lowest BCUT2D eigenvalue weighted by Crippen LogP contribution is -2.50. The largest absolute Gasteiger partial charge is 0.324 e. The molecule has 0 spiro atoms. The smallest absolute Gasteiger partial charge is 0.323 e. The van der Waals surface area contributed by atoms with Crippen molar-refractivity contribution in [1.29, 1.82) is 5.26 Å². The minimum Gasteiger partial charge on any atom is -0.324 e. The molecular formula is C16H26N6O. The van der Waals surface area contributed by atoms with E-state index in [1.54, 1.807) is 15.6 Å². The minimum absolute atomic E-state index is 0.117. The molecule has 1 aliphatic heterocycles. The predicted molar refractivity (Wildman–Crippen MR) is 88.9 cm³/mol. The van der Waals surface area contributed by atoms with Crippen molar-refractivity contribution < 1.29 is 4.79 Å². The van der Waals surface area contributed by atoms with Gasteiger partial charge in [-0.25, -0.2) is 4.79 Å². The minimum atomic E-state index is -0.117. The molecule has 7 heteroatoms. The van der Waals surface area contributed by atoms with E-state index in [1.807, 2.05) is 13.2 Å². The third-order valence-electron chi connectivity index (χ3n) is 4.43. The summed E-state index contributed by atoms with van der Waals surface area (Å²) in [7, 11) is 3.97. The van der Waals surface area contributed by atoms with Crippen molar-refractivity contribution in [1.82, 2.24) is 19.6 Å². The number of carbonyl (C=O) groups excluding carboxylic acids is 1. The van der Waals surface area contributed by atoms with Gasteiger partial charge in [0.05, 0.1) is 6.07 Å². The Balaban J connectivity index is 1.87. The van der Waals surface area contributed by atoms with Gasteiger partial charge in [-0.1, -0.05) is 6.92 Å². The Bertz CT molecular complexity index is 563. The first-order valence-corrected chi connectivity index (χ1v) is 8.14. The number of unbranched alkanes of at least 4 members (excludes halogenated alkanes) is 1. The zero-order chi connectivity index (χ0) is 16.8. The van der Waals surface area contributed by atoms with Gasteiger partial charge in [0, 0.05) is 44.9 Å². The second-order valence-corrected chi connectivity index (χ2v) is 6.36. The predicted octanol–water partition coefficient (Wildman–Crippen LogP) is 1.99. The maximum atomic E-state index is 12.4. The number of likely N-dealkylation sites (tertiary alicyclic amines) is 1. The fourth-order valence-corrected chi connectivity index (χ4v) is 3.14. The van der Waals surface area contributed by atoms with Crippen LogP contribution in [0.25, 0.3) is 0 Å². The lowest BCUT2D eigenvalue weighted by molar-refractivity contribution is 0.113. The standard InChI is InChI=1S/C16H26N6O/c1-13-12-20(2)10-6-14(13)21(3)16(23)18-15-7-11-22(19-15)9-5-4-8-17/h7,11,13-14H,4-6,9-10,12H2,1-3H3,(H,18,19,23)/t13-,14+/m0/s1. The van der Waals surface area contributed by atoms with E-state index in [0.29, 0.717) is 24.7 Å². The summed E-state index contributed by atoms with van der Waals surface area (Å²) < 4.78 is 1.76. The SMILES string of the molecule is C[C@H]1CN(C)CC[C@H]1N(C)C(=O)Nc1ccn(CCCC#N)n1. The van der Waals surface area contributed by atoms with Gasteiger partial charge >= 0.3 is 6.03 Å². The zero-order valence-electron chi connectivity index (χ0n) is 14.2. The molecule has 0 aliphatic carbocycles. The summed E-state index contributed by atoms with van der Waals surface area (Å²) in [5.41, 5.74) is 0. The van der Waals surface area contributed by atoms with Crippen LogP contribution in [-0.2, 0) is 6.54 Å². The Kier molecular flexibility index (Phi) is 5.99. The van der Waals surface area contributed by atoms with Crippen molar-refractivity contribution in [3.05, 3.63) is 12.3 Å². The highest BCUT2D eigenvalue weighted by Gasteiger charge is 2.30. The van der Waals surface area contributed by atoms with Crippen LogP contribution in [0.3, 0.4) is 0 Å². The van der Waals surface area contributed by atoms with Gasteiger partial charge in [-0.2, -0.15) is 10.4 Å². The molecule has 2 heterocycles. The van der Waals surface area contributed by atoms with Crippen LogP contribution in [0, 0.1) is 17.2 Å². The molecule has 1 aliphatic rings. The summed E-state index contributed by atoms with van der Waals surface area (Å²) in [6.45, 7) is 4.90. The number of hydrogen-bond acceptors (Lipinski definition) is 4. The van der Waals surface area contributed by atoms with E-state index in [-0.39, 0.29) is 12.1 Å². The number of hydrogen-bond donors (Lipinski definition) is 1. The Morgan fingerprint density at radius 1 is 1.61 bits per heavy atom. The number of nitrogens with one attached hydrogen (secondary N) is 1. The Labute approximate surface area is 137 Å². The van der Waals surface area contributed by atoms with Crippen molar-refractivity contribution in [3.8, 4) is 6.07 Å². The molecule has 7 nitrogen and oxygen atoms in total. The molecule has 1 aromatic heterocycles. The molecule has 2 amide bonds. The first-order valence-electron chi connectivity index (χ1n) is 8.14. The number of aromatic nitrogens is 2. The number of nitriles is 1. The molecule has 0 radical (unpaired) electrons. The van der Waals surface area contributed by atoms with E-state index in [9.17, 15) is 4.79 Å². The number of anilines is 1. The summed E-state index contributed by atoms with van der Waals surface area (Å²) >= 11 is 0. The molecular weight excluding hydrogens is 292 g/mol. The number of aryl methyl sites for hydroxylation is 1. The first-order chi connectivity index (χ1) is 11.0. The van der Waals surface area contributed by atoms with Crippen LogP contribution in [0.2, 0.25) is 0 Å². The van der Waals surface area contributed by atoms with Crippen LogP contribution in [0.5, 0.6) is 0 Å². The number of urea groups is 1. The average molecular weight is 318 g/mol. The van der Waals surface area contributed by atoms with Crippen LogP contribution < -0.4 is 5.32 Å². The molecule has 1 aromatic rings. The maximum absolute atomic E-state index is 12.4. The Hall–Kier alpha value is -2.07. The fraction of sp³-hybridized carbons (Fsp3) is 0.688. The van der Waals surface area contributed by atoms with E-state index in [2.05, 4.69) is 35.4 Å².